The Kier molecular flexibility index (Phi) is 11.0. The van der Waals surface area contributed by atoms with E-state index in [0.29, 0.717) is 25.6 Å². The average Bonchev–Trinajstić information content (AvgIpc) is 2.79. The molecule has 6 heteroatoms. The second kappa shape index (κ2) is 14.0. The van der Waals surface area contributed by atoms with Crippen LogP contribution in [0.5, 0.6) is 23.0 Å². The zero-order chi connectivity index (χ0) is 23.2. The minimum absolute atomic E-state index is 0.579. The maximum Gasteiger partial charge on any atom is 0.161 e. The summed E-state index contributed by atoms with van der Waals surface area (Å²) in [5, 5.41) is 3.76. The fourth-order valence-electron chi connectivity index (χ4n) is 3.20. The lowest BCUT2D eigenvalue weighted by Gasteiger charge is -2.14. The standard InChI is InChI=1S/C26H35NO5/c1-6-7-13-30-23-16-20(2)26(21(3)17-23)32-15-10-8-9-14-31-24-12-11-22(19-27-29-5)18-25(24)28-4/h6-7,11-12,16-19H,8-10,13-15H2,1-5H3/b7-6+,27-19+. The third-order valence-corrected chi connectivity index (χ3v) is 4.80. The first-order valence-electron chi connectivity index (χ1n) is 10.9. The number of hydrogen-bond acceptors (Lipinski definition) is 6. The molecule has 0 N–H and O–H groups in total. The van der Waals surface area contributed by atoms with E-state index >= 15 is 0 Å². The van der Waals surface area contributed by atoms with Gasteiger partial charge in [-0.05, 0) is 81.5 Å². The zero-order valence-electron chi connectivity index (χ0n) is 19.8. The number of allylic oxidation sites excluding steroid dienone is 1. The second-order valence-electron chi connectivity index (χ2n) is 7.35. The smallest absolute Gasteiger partial charge is 0.161 e. The minimum atomic E-state index is 0.579. The first-order chi connectivity index (χ1) is 15.6. The van der Waals surface area contributed by atoms with Crippen LogP contribution in [0.4, 0.5) is 0 Å². The summed E-state index contributed by atoms with van der Waals surface area (Å²) in [7, 11) is 3.14. The summed E-state index contributed by atoms with van der Waals surface area (Å²) >= 11 is 0. The third kappa shape index (κ3) is 8.17. The van der Waals surface area contributed by atoms with E-state index in [2.05, 4.69) is 19.0 Å². The molecule has 174 valence electrons. The molecule has 2 aromatic rings. The van der Waals surface area contributed by atoms with E-state index in [-0.39, 0.29) is 0 Å². The highest BCUT2D eigenvalue weighted by Gasteiger charge is 2.08. The molecule has 0 bridgehead atoms. The van der Waals surface area contributed by atoms with Crippen molar-refractivity contribution in [3.05, 3.63) is 59.2 Å². The summed E-state index contributed by atoms with van der Waals surface area (Å²) in [6.45, 7) is 7.97. The SMILES string of the molecule is C/C=C/COc1cc(C)c(OCCCCCOc2ccc(/C=N/OC)cc2OC)c(C)c1. The summed E-state index contributed by atoms with van der Waals surface area (Å²) in [5.74, 6) is 3.22. The molecule has 6 nitrogen and oxygen atoms in total. The number of rotatable bonds is 14. The maximum absolute atomic E-state index is 6.04. The molecular weight excluding hydrogens is 406 g/mol. The van der Waals surface area contributed by atoms with E-state index in [9.17, 15) is 0 Å². The number of oxime groups is 1. The Bertz CT molecular complexity index is 869. The summed E-state index contributed by atoms with van der Waals surface area (Å²) in [6, 6.07) is 9.72. The molecule has 32 heavy (non-hydrogen) atoms. The van der Waals surface area contributed by atoms with Gasteiger partial charge in [-0.15, -0.1) is 0 Å². The van der Waals surface area contributed by atoms with E-state index in [4.69, 9.17) is 23.8 Å². The van der Waals surface area contributed by atoms with Gasteiger partial charge in [0.15, 0.2) is 11.5 Å². The van der Waals surface area contributed by atoms with E-state index in [1.165, 1.54) is 7.11 Å². The van der Waals surface area contributed by atoms with Crippen molar-refractivity contribution in [3.63, 3.8) is 0 Å². The van der Waals surface area contributed by atoms with Crippen molar-refractivity contribution in [2.75, 3.05) is 34.0 Å². The van der Waals surface area contributed by atoms with Gasteiger partial charge in [0.2, 0.25) is 0 Å². The fraction of sp³-hybridized carbons (Fsp3) is 0.423. The number of ether oxygens (including phenoxy) is 4. The molecule has 0 aliphatic carbocycles. The molecule has 0 saturated carbocycles. The number of unbranched alkanes of at least 4 members (excludes halogenated alkanes) is 2. The predicted molar refractivity (Wildman–Crippen MR) is 129 cm³/mol. The molecule has 0 heterocycles. The first-order valence-corrected chi connectivity index (χ1v) is 10.9. The van der Waals surface area contributed by atoms with E-state index in [1.54, 1.807) is 13.3 Å². The predicted octanol–water partition coefficient (Wildman–Crippen LogP) is 5.88. The van der Waals surface area contributed by atoms with Crippen LogP contribution in [0.2, 0.25) is 0 Å². The van der Waals surface area contributed by atoms with E-state index < -0.39 is 0 Å². The van der Waals surface area contributed by atoms with Crippen LogP contribution in [0.15, 0.2) is 47.6 Å². The van der Waals surface area contributed by atoms with Crippen LogP contribution in [0.1, 0.15) is 42.9 Å². The first kappa shape index (κ1) is 25.1. The molecule has 2 rings (SSSR count). The topological polar surface area (TPSA) is 58.5 Å². The average molecular weight is 442 g/mol. The number of aryl methyl sites for hydroxylation is 2. The number of methoxy groups -OCH3 is 1. The summed E-state index contributed by atoms with van der Waals surface area (Å²) in [6.07, 6.45) is 8.51. The molecule has 0 radical (unpaired) electrons. The molecule has 0 aliphatic rings. The number of nitrogens with zero attached hydrogens (tertiary/aromatic N) is 1. The number of benzene rings is 2. The van der Waals surface area contributed by atoms with Crippen LogP contribution in [-0.2, 0) is 4.84 Å². The van der Waals surface area contributed by atoms with E-state index in [1.807, 2.05) is 49.4 Å². The van der Waals surface area contributed by atoms with Gasteiger partial charge in [-0.25, -0.2) is 0 Å². The monoisotopic (exact) mass is 441 g/mol. The minimum Gasteiger partial charge on any atom is -0.493 e. The number of hydrogen-bond donors (Lipinski definition) is 0. The largest absolute Gasteiger partial charge is 0.493 e. The van der Waals surface area contributed by atoms with Crippen molar-refractivity contribution < 1.29 is 23.8 Å². The van der Waals surface area contributed by atoms with Gasteiger partial charge >= 0.3 is 0 Å². The maximum atomic E-state index is 6.04. The van der Waals surface area contributed by atoms with Crippen molar-refractivity contribution >= 4 is 6.21 Å². The Labute approximate surface area is 191 Å². The summed E-state index contributed by atoms with van der Waals surface area (Å²) < 4.78 is 23.1. The fourth-order valence-corrected chi connectivity index (χ4v) is 3.20. The molecule has 0 aromatic heterocycles. The molecule has 0 aliphatic heterocycles. The van der Waals surface area contributed by atoms with Gasteiger partial charge in [0.05, 0.1) is 26.5 Å². The summed E-state index contributed by atoms with van der Waals surface area (Å²) in [5.41, 5.74) is 3.07. The summed E-state index contributed by atoms with van der Waals surface area (Å²) in [4.78, 5) is 4.70. The zero-order valence-corrected chi connectivity index (χ0v) is 19.8. The van der Waals surface area contributed by atoms with Gasteiger partial charge in [0.1, 0.15) is 25.2 Å². The molecule has 0 amide bonds. The Morgan fingerprint density at radius 2 is 1.56 bits per heavy atom. The lowest BCUT2D eigenvalue weighted by atomic mass is 10.1. The highest BCUT2D eigenvalue weighted by molar-refractivity contribution is 5.80. The van der Waals surface area contributed by atoms with Crippen molar-refractivity contribution in [1.29, 1.82) is 0 Å². The lowest BCUT2D eigenvalue weighted by Crippen LogP contribution is -2.04. The molecule has 0 saturated heterocycles. The van der Waals surface area contributed by atoms with Crippen LogP contribution in [0.25, 0.3) is 0 Å². The molecule has 0 fully saturated rings. The Morgan fingerprint density at radius 1 is 0.844 bits per heavy atom. The van der Waals surface area contributed by atoms with Crippen LogP contribution in [0.3, 0.4) is 0 Å². The molecule has 0 unspecified atom stereocenters. The van der Waals surface area contributed by atoms with Crippen LogP contribution in [-0.4, -0.2) is 40.3 Å². The van der Waals surface area contributed by atoms with Gasteiger partial charge in [-0.3, -0.25) is 0 Å². The van der Waals surface area contributed by atoms with Crippen molar-refractivity contribution in [3.8, 4) is 23.0 Å². The van der Waals surface area contributed by atoms with Crippen molar-refractivity contribution in [1.82, 2.24) is 0 Å². The molecule has 0 spiro atoms. The van der Waals surface area contributed by atoms with Crippen LogP contribution >= 0.6 is 0 Å². The lowest BCUT2D eigenvalue weighted by molar-refractivity contribution is 0.215. The second-order valence-corrected chi connectivity index (χ2v) is 7.35. The van der Waals surface area contributed by atoms with Gasteiger partial charge in [-0.1, -0.05) is 17.3 Å². The highest BCUT2D eigenvalue weighted by Crippen LogP contribution is 2.29. The van der Waals surface area contributed by atoms with Crippen LogP contribution < -0.4 is 18.9 Å². The van der Waals surface area contributed by atoms with Gasteiger partial charge in [0.25, 0.3) is 0 Å². The van der Waals surface area contributed by atoms with Gasteiger partial charge in [0, 0.05) is 5.56 Å². The Hall–Kier alpha value is -3.15. The van der Waals surface area contributed by atoms with Gasteiger partial charge in [-0.2, -0.15) is 0 Å². The van der Waals surface area contributed by atoms with Crippen molar-refractivity contribution in [2.24, 2.45) is 5.16 Å². The molecule has 2 aromatic carbocycles. The quantitative estimate of drug-likeness (QED) is 0.159. The Balaban J connectivity index is 1.72. The third-order valence-electron chi connectivity index (χ3n) is 4.80. The van der Waals surface area contributed by atoms with Crippen LogP contribution in [0, 0.1) is 13.8 Å². The Morgan fingerprint density at radius 3 is 2.22 bits per heavy atom. The van der Waals surface area contributed by atoms with Crippen molar-refractivity contribution in [2.45, 2.75) is 40.0 Å². The molecule has 0 atom stereocenters. The normalized spacial score (nSPS) is 11.2. The van der Waals surface area contributed by atoms with Gasteiger partial charge < -0.3 is 23.8 Å². The highest BCUT2D eigenvalue weighted by atomic mass is 16.6. The van der Waals surface area contributed by atoms with E-state index in [0.717, 1.165) is 53.2 Å². The molecular formula is C26H35NO5.